The van der Waals surface area contributed by atoms with E-state index in [2.05, 4.69) is 14.9 Å². The van der Waals surface area contributed by atoms with Gasteiger partial charge >= 0.3 is 0 Å². The molecule has 2 aromatic heterocycles. The lowest BCUT2D eigenvalue weighted by Gasteiger charge is -2.23. The molecule has 1 aliphatic heterocycles. The number of hydrogen-bond acceptors (Lipinski definition) is 9. The van der Waals surface area contributed by atoms with Crippen LogP contribution in [-0.2, 0) is 16.4 Å². The Morgan fingerprint density at radius 3 is 2.57 bits per heavy atom. The van der Waals surface area contributed by atoms with Gasteiger partial charge in [0.15, 0.2) is 16.3 Å². The predicted octanol–water partition coefficient (Wildman–Crippen LogP) is 3.45. The van der Waals surface area contributed by atoms with Gasteiger partial charge in [-0.2, -0.15) is 0 Å². The second kappa shape index (κ2) is 9.08. The number of aliphatic hydroxyl groups excluding tert-OH is 1. The maximum Gasteiger partial charge on any atom is 0.270 e. The van der Waals surface area contributed by atoms with Gasteiger partial charge in [-0.15, -0.1) is 0 Å². The van der Waals surface area contributed by atoms with Crippen LogP contribution in [0.25, 0.3) is 11.0 Å². The number of pyridine rings is 1. The lowest BCUT2D eigenvalue weighted by Crippen LogP contribution is -2.17. The van der Waals surface area contributed by atoms with Crippen LogP contribution >= 0.6 is 0 Å². The number of hydrogen-bond donors (Lipinski definition) is 2. The van der Waals surface area contributed by atoms with Gasteiger partial charge in [-0.05, 0) is 48.7 Å². The van der Waals surface area contributed by atoms with Gasteiger partial charge in [0.1, 0.15) is 28.7 Å². The topological polar surface area (TPSA) is 133 Å². The van der Waals surface area contributed by atoms with Crippen molar-refractivity contribution in [3.05, 3.63) is 65.5 Å². The molecule has 5 rings (SSSR count). The molecule has 182 valence electrons. The molecule has 1 unspecified atom stereocenters. The van der Waals surface area contributed by atoms with E-state index in [0.717, 1.165) is 12.0 Å². The van der Waals surface area contributed by atoms with Crippen LogP contribution in [0.1, 0.15) is 29.3 Å². The molecular weight excluding hydrogens is 474 g/mol. The summed E-state index contributed by atoms with van der Waals surface area (Å²) in [5.74, 6) is 0.613. The second-order valence-corrected chi connectivity index (χ2v) is 9.50. The van der Waals surface area contributed by atoms with Crippen molar-refractivity contribution < 1.29 is 32.3 Å². The van der Waals surface area contributed by atoms with Crippen molar-refractivity contribution in [2.75, 3.05) is 25.5 Å². The first-order chi connectivity index (χ1) is 16.9. The summed E-state index contributed by atoms with van der Waals surface area (Å²) in [5, 5.41) is 15.4. The quantitative estimate of drug-likeness (QED) is 0.394. The van der Waals surface area contributed by atoms with E-state index in [1.165, 1.54) is 26.4 Å². The molecule has 1 aliphatic rings. The smallest absolute Gasteiger partial charge is 0.270 e. The van der Waals surface area contributed by atoms with Crippen LogP contribution in [0.4, 0.5) is 5.82 Å². The molecule has 2 N–H and O–H groups in total. The van der Waals surface area contributed by atoms with Crippen molar-refractivity contribution in [2.24, 2.45) is 0 Å². The van der Waals surface area contributed by atoms with Crippen LogP contribution in [0.15, 0.2) is 58.1 Å². The van der Waals surface area contributed by atoms with E-state index in [4.69, 9.17) is 18.7 Å². The Labute approximate surface area is 201 Å². The summed E-state index contributed by atoms with van der Waals surface area (Å²) >= 11 is 0. The summed E-state index contributed by atoms with van der Waals surface area (Å²) in [4.78, 5) is 4.08. The first-order valence-corrected chi connectivity index (χ1v) is 12.3. The minimum Gasteiger partial charge on any atom is -0.495 e. The molecule has 11 heteroatoms. The zero-order valence-corrected chi connectivity index (χ0v) is 19.8. The van der Waals surface area contributed by atoms with E-state index < -0.39 is 16.1 Å². The van der Waals surface area contributed by atoms with E-state index in [1.807, 2.05) is 0 Å². The van der Waals surface area contributed by atoms with Gasteiger partial charge in [-0.1, -0.05) is 17.3 Å². The van der Waals surface area contributed by atoms with Gasteiger partial charge in [0.2, 0.25) is 0 Å². The SMILES string of the molecule is COc1cccc(OC)c1S(=O)(=O)Nc1noc2cc(C(O)c3ccccn3)c3c(c12)OCCC3. The number of rotatable bonds is 7. The Bertz CT molecular complexity index is 1460. The Morgan fingerprint density at radius 2 is 1.89 bits per heavy atom. The van der Waals surface area contributed by atoms with E-state index in [0.29, 0.717) is 35.4 Å². The highest BCUT2D eigenvalue weighted by Crippen LogP contribution is 2.44. The summed E-state index contributed by atoms with van der Waals surface area (Å²) in [6.45, 7) is 0.433. The van der Waals surface area contributed by atoms with Crippen LogP contribution in [0.2, 0.25) is 0 Å². The molecule has 0 aliphatic carbocycles. The van der Waals surface area contributed by atoms with Crippen LogP contribution < -0.4 is 18.9 Å². The van der Waals surface area contributed by atoms with Crippen LogP contribution in [0.3, 0.4) is 0 Å². The molecule has 10 nitrogen and oxygen atoms in total. The Kier molecular flexibility index (Phi) is 5.95. The minimum absolute atomic E-state index is 0.0371. The molecule has 35 heavy (non-hydrogen) atoms. The molecular formula is C24H23N3O7S. The molecule has 0 radical (unpaired) electrons. The Hall–Kier alpha value is -3.83. The van der Waals surface area contributed by atoms with Crippen molar-refractivity contribution in [1.29, 1.82) is 0 Å². The predicted molar refractivity (Wildman–Crippen MR) is 126 cm³/mol. The maximum atomic E-state index is 13.4. The molecule has 4 aromatic rings. The number of sulfonamides is 1. The van der Waals surface area contributed by atoms with Crippen molar-refractivity contribution in [2.45, 2.75) is 23.8 Å². The lowest BCUT2D eigenvalue weighted by molar-refractivity contribution is 0.211. The molecule has 0 amide bonds. The van der Waals surface area contributed by atoms with Crippen LogP contribution in [0.5, 0.6) is 17.2 Å². The monoisotopic (exact) mass is 497 g/mol. The molecule has 0 bridgehead atoms. The summed E-state index contributed by atoms with van der Waals surface area (Å²) in [5.41, 5.74) is 2.06. The maximum absolute atomic E-state index is 13.4. The molecule has 3 heterocycles. The Morgan fingerprint density at radius 1 is 1.11 bits per heavy atom. The molecule has 0 fully saturated rings. The van der Waals surface area contributed by atoms with Gasteiger partial charge in [0, 0.05) is 11.8 Å². The molecule has 0 saturated heterocycles. The van der Waals surface area contributed by atoms with Crippen molar-refractivity contribution >= 4 is 26.8 Å². The number of ether oxygens (including phenoxy) is 3. The van der Waals surface area contributed by atoms with Crippen molar-refractivity contribution in [3.63, 3.8) is 0 Å². The highest BCUT2D eigenvalue weighted by Gasteiger charge is 2.31. The number of aromatic nitrogens is 2. The normalized spacial score (nSPS) is 14.1. The fourth-order valence-corrected chi connectivity index (χ4v) is 5.57. The van der Waals surface area contributed by atoms with Crippen LogP contribution in [-0.4, -0.2) is 44.5 Å². The van der Waals surface area contributed by atoms with Gasteiger partial charge in [0.05, 0.1) is 26.5 Å². The van der Waals surface area contributed by atoms with Crippen molar-refractivity contribution in [3.8, 4) is 17.2 Å². The van der Waals surface area contributed by atoms with Gasteiger partial charge in [-0.25, -0.2) is 8.42 Å². The van der Waals surface area contributed by atoms with Gasteiger partial charge in [-0.3, -0.25) is 9.71 Å². The molecule has 2 aromatic carbocycles. The number of nitrogens with one attached hydrogen (secondary N) is 1. The summed E-state index contributed by atoms with van der Waals surface area (Å²) in [7, 11) is -1.45. The number of anilines is 1. The third-order valence-electron chi connectivity index (χ3n) is 5.82. The lowest BCUT2D eigenvalue weighted by atomic mass is 9.93. The molecule has 0 saturated carbocycles. The van der Waals surface area contributed by atoms with E-state index in [-0.39, 0.29) is 27.8 Å². The first kappa shape index (κ1) is 22.9. The number of nitrogens with zero attached hydrogens (tertiary/aromatic N) is 2. The highest BCUT2D eigenvalue weighted by atomic mass is 32.2. The Balaban J connectivity index is 1.63. The number of methoxy groups -OCH3 is 2. The summed E-state index contributed by atoms with van der Waals surface area (Å²) < 4.78 is 51.2. The zero-order chi connectivity index (χ0) is 24.6. The fraction of sp³-hybridized carbons (Fsp3) is 0.250. The van der Waals surface area contributed by atoms with E-state index >= 15 is 0 Å². The van der Waals surface area contributed by atoms with Crippen LogP contribution in [0, 0.1) is 0 Å². The van der Waals surface area contributed by atoms with E-state index in [9.17, 15) is 13.5 Å². The second-order valence-electron chi connectivity index (χ2n) is 7.88. The number of aliphatic hydroxyl groups is 1. The van der Waals surface area contributed by atoms with Gasteiger partial charge in [0.25, 0.3) is 10.0 Å². The summed E-state index contributed by atoms with van der Waals surface area (Å²) in [6.07, 6.45) is 1.96. The fourth-order valence-electron chi connectivity index (χ4n) is 4.24. The number of fused-ring (bicyclic) bond motifs is 3. The van der Waals surface area contributed by atoms with Crippen molar-refractivity contribution in [1.82, 2.24) is 10.1 Å². The average molecular weight is 498 g/mol. The highest BCUT2D eigenvalue weighted by molar-refractivity contribution is 7.93. The van der Waals surface area contributed by atoms with E-state index in [1.54, 1.807) is 36.5 Å². The summed E-state index contributed by atoms with van der Waals surface area (Å²) in [6, 6.07) is 11.6. The third kappa shape index (κ3) is 4.02. The minimum atomic E-state index is -4.19. The number of benzene rings is 2. The standard InChI is InChI=1S/C24H23N3O7S/c1-31-17-9-5-10-18(32-2)23(17)35(29,30)27-24-20-19(34-26-24)13-15(14-7-6-12-33-22(14)20)21(28)16-8-3-4-11-25-16/h3-5,8-11,13,21,28H,6-7,12H2,1-2H3,(H,26,27). The van der Waals surface area contributed by atoms with Gasteiger partial charge < -0.3 is 23.8 Å². The zero-order valence-electron chi connectivity index (χ0n) is 19.0. The third-order valence-corrected chi connectivity index (χ3v) is 7.22. The largest absolute Gasteiger partial charge is 0.495 e. The molecule has 1 atom stereocenters. The molecule has 0 spiro atoms. The average Bonchev–Trinajstić information content (AvgIpc) is 3.29. The first-order valence-electron chi connectivity index (χ1n) is 10.9.